The van der Waals surface area contributed by atoms with Crippen molar-refractivity contribution in [1.82, 2.24) is 10.3 Å². The molecule has 0 aliphatic heterocycles. The van der Waals surface area contributed by atoms with Gasteiger partial charge in [0.2, 0.25) is 0 Å². The lowest BCUT2D eigenvalue weighted by Crippen LogP contribution is -2.15. The molecule has 0 radical (unpaired) electrons. The Balaban J connectivity index is 1.83. The summed E-state index contributed by atoms with van der Waals surface area (Å²) in [6, 6.07) is 9.47. The number of pyridine rings is 1. The van der Waals surface area contributed by atoms with Gasteiger partial charge in [0.15, 0.2) is 0 Å². The third kappa shape index (κ3) is 2.57. The van der Waals surface area contributed by atoms with E-state index in [1.54, 1.807) is 18.3 Å². The Morgan fingerprint density at radius 3 is 2.83 bits per heavy atom. The van der Waals surface area contributed by atoms with Crippen LogP contribution in [0.15, 0.2) is 42.7 Å². The zero-order valence-corrected chi connectivity index (χ0v) is 10.1. The summed E-state index contributed by atoms with van der Waals surface area (Å²) in [5.41, 5.74) is 2.55. The van der Waals surface area contributed by atoms with Crippen LogP contribution in [0.3, 0.4) is 0 Å². The third-order valence-corrected chi connectivity index (χ3v) is 3.15. The lowest BCUT2D eigenvalue weighted by molar-refractivity contribution is 0.631. The van der Waals surface area contributed by atoms with E-state index in [0.29, 0.717) is 11.6 Å². The Labute approximate surface area is 106 Å². The highest BCUT2D eigenvalue weighted by Crippen LogP contribution is 2.23. The molecule has 2 nitrogen and oxygen atoms in total. The number of hydrogen-bond donors (Lipinski definition) is 1. The van der Waals surface area contributed by atoms with E-state index in [2.05, 4.69) is 10.3 Å². The van der Waals surface area contributed by atoms with Gasteiger partial charge in [-0.3, -0.25) is 4.98 Å². The third-order valence-electron chi connectivity index (χ3n) is 3.15. The van der Waals surface area contributed by atoms with E-state index < -0.39 is 0 Å². The van der Waals surface area contributed by atoms with Crippen LogP contribution in [0.4, 0.5) is 4.39 Å². The fourth-order valence-corrected chi connectivity index (χ4v) is 1.98. The van der Waals surface area contributed by atoms with Crippen LogP contribution in [0, 0.1) is 5.82 Å². The Morgan fingerprint density at radius 2 is 2.06 bits per heavy atom. The Kier molecular flexibility index (Phi) is 3.07. The molecule has 0 spiro atoms. The standard InChI is InChI=1S/C15H15FN2/c16-15-4-2-1-3-14(15)12-7-11(8-17-10-12)9-18-13-5-6-13/h1-4,7-8,10,13,18H,5-6,9H2. The second-order valence-corrected chi connectivity index (χ2v) is 4.72. The van der Waals surface area contributed by atoms with Crippen LogP contribution in [0.25, 0.3) is 11.1 Å². The van der Waals surface area contributed by atoms with E-state index >= 15 is 0 Å². The van der Waals surface area contributed by atoms with Crippen LogP contribution in [0.5, 0.6) is 0 Å². The molecule has 1 fully saturated rings. The molecular formula is C15H15FN2. The Bertz CT molecular complexity index is 550. The van der Waals surface area contributed by atoms with Crippen molar-refractivity contribution < 1.29 is 4.39 Å². The molecule has 0 atom stereocenters. The lowest BCUT2D eigenvalue weighted by atomic mass is 10.1. The molecule has 1 aromatic heterocycles. The van der Waals surface area contributed by atoms with Crippen LogP contribution >= 0.6 is 0 Å². The van der Waals surface area contributed by atoms with Gasteiger partial charge in [-0.25, -0.2) is 4.39 Å². The van der Waals surface area contributed by atoms with Gasteiger partial charge < -0.3 is 5.32 Å². The quantitative estimate of drug-likeness (QED) is 0.891. The van der Waals surface area contributed by atoms with Crippen molar-refractivity contribution in [2.75, 3.05) is 0 Å². The first-order chi connectivity index (χ1) is 8.83. The number of nitrogens with one attached hydrogen (secondary N) is 1. The number of rotatable bonds is 4. The van der Waals surface area contributed by atoms with Crippen LogP contribution < -0.4 is 5.32 Å². The van der Waals surface area contributed by atoms with Crippen molar-refractivity contribution in [1.29, 1.82) is 0 Å². The molecule has 1 aliphatic rings. The molecule has 0 saturated heterocycles. The second kappa shape index (κ2) is 4.86. The normalized spacial score (nSPS) is 14.7. The monoisotopic (exact) mass is 242 g/mol. The van der Waals surface area contributed by atoms with Gasteiger partial charge in [0.25, 0.3) is 0 Å². The van der Waals surface area contributed by atoms with E-state index in [0.717, 1.165) is 17.7 Å². The molecule has 18 heavy (non-hydrogen) atoms. The zero-order valence-electron chi connectivity index (χ0n) is 10.1. The summed E-state index contributed by atoms with van der Waals surface area (Å²) >= 11 is 0. The first-order valence-electron chi connectivity index (χ1n) is 6.25. The number of benzene rings is 1. The number of halogens is 1. The van der Waals surface area contributed by atoms with E-state index in [1.807, 2.05) is 18.3 Å². The van der Waals surface area contributed by atoms with Crippen LogP contribution in [0.1, 0.15) is 18.4 Å². The van der Waals surface area contributed by atoms with E-state index in [4.69, 9.17) is 0 Å². The predicted octanol–water partition coefficient (Wildman–Crippen LogP) is 3.14. The summed E-state index contributed by atoms with van der Waals surface area (Å²) < 4.78 is 13.7. The highest BCUT2D eigenvalue weighted by Gasteiger charge is 2.20. The fourth-order valence-electron chi connectivity index (χ4n) is 1.98. The molecule has 1 aromatic carbocycles. The van der Waals surface area contributed by atoms with Gasteiger partial charge in [-0.15, -0.1) is 0 Å². The number of nitrogens with zero attached hydrogens (tertiary/aromatic N) is 1. The smallest absolute Gasteiger partial charge is 0.131 e. The van der Waals surface area contributed by atoms with Crippen molar-refractivity contribution in [3.8, 4) is 11.1 Å². The first-order valence-corrected chi connectivity index (χ1v) is 6.25. The molecule has 3 heteroatoms. The molecule has 1 aliphatic carbocycles. The summed E-state index contributed by atoms with van der Waals surface area (Å²) in [6.45, 7) is 0.806. The van der Waals surface area contributed by atoms with E-state index in [1.165, 1.54) is 18.9 Å². The van der Waals surface area contributed by atoms with Crippen molar-refractivity contribution in [2.45, 2.75) is 25.4 Å². The van der Waals surface area contributed by atoms with Gasteiger partial charge in [-0.2, -0.15) is 0 Å². The van der Waals surface area contributed by atoms with Gasteiger partial charge in [0.1, 0.15) is 5.82 Å². The average Bonchev–Trinajstić information content (AvgIpc) is 3.21. The highest BCUT2D eigenvalue weighted by molar-refractivity contribution is 5.63. The average molecular weight is 242 g/mol. The molecule has 1 heterocycles. The minimum Gasteiger partial charge on any atom is -0.310 e. The van der Waals surface area contributed by atoms with Crippen molar-refractivity contribution in [3.63, 3.8) is 0 Å². The number of hydrogen-bond acceptors (Lipinski definition) is 2. The zero-order chi connectivity index (χ0) is 12.4. The largest absolute Gasteiger partial charge is 0.310 e. The minimum absolute atomic E-state index is 0.202. The molecule has 92 valence electrons. The lowest BCUT2D eigenvalue weighted by Gasteiger charge is -2.06. The second-order valence-electron chi connectivity index (χ2n) is 4.72. The maximum absolute atomic E-state index is 13.7. The summed E-state index contributed by atoms with van der Waals surface area (Å²) in [6.07, 6.45) is 6.07. The van der Waals surface area contributed by atoms with Gasteiger partial charge in [-0.05, 0) is 30.5 Å². The van der Waals surface area contributed by atoms with Crippen LogP contribution in [-0.2, 0) is 6.54 Å². The van der Waals surface area contributed by atoms with Gasteiger partial charge in [-0.1, -0.05) is 18.2 Å². The van der Waals surface area contributed by atoms with Crippen molar-refractivity contribution >= 4 is 0 Å². The molecule has 0 amide bonds. The van der Waals surface area contributed by atoms with E-state index in [-0.39, 0.29) is 5.82 Å². The molecule has 1 saturated carbocycles. The van der Waals surface area contributed by atoms with E-state index in [9.17, 15) is 4.39 Å². The van der Waals surface area contributed by atoms with Crippen molar-refractivity contribution in [3.05, 3.63) is 54.1 Å². The predicted molar refractivity (Wildman–Crippen MR) is 69.5 cm³/mol. The summed E-state index contributed by atoms with van der Waals surface area (Å²) in [5, 5.41) is 3.43. The molecule has 0 unspecified atom stereocenters. The first kappa shape index (κ1) is 11.4. The van der Waals surface area contributed by atoms with Gasteiger partial charge in [0, 0.05) is 36.1 Å². The van der Waals surface area contributed by atoms with Gasteiger partial charge >= 0.3 is 0 Å². The summed E-state index contributed by atoms with van der Waals surface area (Å²) in [7, 11) is 0. The topological polar surface area (TPSA) is 24.9 Å². The molecule has 2 aromatic rings. The molecule has 3 rings (SSSR count). The van der Waals surface area contributed by atoms with Crippen LogP contribution in [-0.4, -0.2) is 11.0 Å². The Morgan fingerprint density at radius 1 is 1.22 bits per heavy atom. The van der Waals surface area contributed by atoms with Gasteiger partial charge in [0.05, 0.1) is 0 Å². The molecule has 0 bridgehead atoms. The fraction of sp³-hybridized carbons (Fsp3) is 0.267. The maximum atomic E-state index is 13.7. The summed E-state index contributed by atoms with van der Waals surface area (Å²) in [5.74, 6) is -0.202. The highest BCUT2D eigenvalue weighted by atomic mass is 19.1. The van der Waals surface area contributed by atoms with Crippen LogP contribution in [0.2, 0.25) is 0 Å². The Hall–Kier alpha value is -1.74. The molecular weight excluding hydrogens is 227 g/mol. The summed E-state index contributed by atoms with van der Waals surface area (Å²) in [4.78, 5) is 4.19. The molecule has 1 N–H and O–H groups in total. The number of aromatic nitrogens is 1. The SMILES string of the molecule is Fc1ccccc1-c1cncc(CNC2CC2)c1. The van der Waals surface area contributed by atoms with Crippen molar-refractivity contribution in [2.24, 2.45) is 0 Å². The minimum atomic E-state index is -0.202. The maximum Gasteiger partial charge on any atom is 0.131 e.